The van der Waals surface area contributed by atoms with Crippen LogP contribution < -0.4 is 15.6 Å². The molecule has 0 unspecified atom stereocenters. The SMILES string of the molecule is CCc1ccc([SiH](c2ccc(CC)cc2)c2ccc(CC)cc2)cc1. The number of rotatable bonds is 6. The number of hydrogen-bond donors (Lipinski definition) is 0. The molecule has 0 aliphatic rings. The molecule has 0 saturated heterocycles. The van der Waals surface area contributed by atoms with Crippen molar-refractivity contribution in [2.24, 2.45) is 0 Å². The second-order valence-corrected chi connectivity index (χ2v) is 9.58. The van der Waals surface area contributed by atoms with Gasteiger partial charge in [0.15, 0.2) is 0 Å². The van der Waals surface area contributed by atoms with Crippen LogP contribution in [-0.2, 0) is 19.3 Å². The predicted molar refractivity (Wildman–Crippen MR) is 114 cm³/mol. The lowest BCUT2D eigenvalue weighted by Crippen LogP contribution is -2.51. The zero-order valence-electron chi connectivity index (χ0n) is 15.6. The normalized spacial score (nSPS) is 11.0. The van der Waals surface area contributed by atoms with Crippen molar-refractivity contribution in [1.29, 1.82) is 0 Å². The van der Waals surface area contributed by atoms with Crippen molar-refractivity contribution in [1.82, 2.24) is 0 Å². The summed E-state index contributed by atoms with van der Waals surface area (Å²) in [6, 6.07) is 28.0. The van der Waals surface area contributed by atoms with Gasteiger partial charge < -0.3 is 0 Å². The maximum Gasteiger partial charge on any atom is 0.132 e. The Morgan fingerprint density at radius 3 is 0.880 bits per heavy atom. The van der Waals surface area contributed by atoms with E-state index in [4.69, 9.17) is 0 Å². The van der Waals surface area contributed by atoms with Crippen LogP contribution in [-0.4, -0.2) is 8.80 Å². The van der Waals surface area contributed by atoms with Crippen LogP contribution in [0.1, 0.15) is 37.5 Å². The van der Waals surface area contributed by atoms with Gasteiger partial charge in [0.1, 0.15) is 8.80 Å². The van der Waals surface area contributed by atoms with E-state index in [-0.39, 0.29) is 0 Å². The van der Waals surface area contributed by atoms with Crippen molar-refractivity contribution < 1.29 is 0 Å². The zero-order valence-corrected chi connectivity index (χ0v) is 16.8. The van der Waals surface area contributed by atoms with E-state index in [1.165, 1.54) is 32.3 Å². The molecule has 0 aliphatic carbocycles. The van der Waals surface area contributed by atoms with Crippen molar-refractivity contribution in [3.05, 3.63) is 89.5 Å². The zero-order chi connectivity index (χ0) is 17.6. The van der Waals surface area contributed by atoms with E-state index < -0.39 is 8.80 Å². The summed E-state index contributed by atoms with van der Waals surface area (Å²) >= 11 is 0. The molecule has 0 aliphatic heterocycles. The molecule has 0 aromatic heterocycles. The summed E-state index contributed by atoms with van der Waals surface area (Å²) in [7, 11) is -1.40. The summed E-state index contributed by atoms with van der Waals surface area (Å²) < 4.78 is 0. The average Bonchev–Trinajstić information content (AvgIpc) is 2.70. The van der Waals surface area contributed by atoms with Crippen molar-refractivity contribution >= 4 is 24.4 Å². The van der Waals surface area contributed by atoms with Gasteiger partial charge in [-0.1, -0.05) is 109 Å². The highest BCUT2D eigenvalue weighted by atomic mass is 28.3. The summed E-state index contributed by atoms with van der Waals surface area (Å²) in [5.41, 5.74) is 4.25. The average molecular weight is 345 g/mol. The van der Waals surface area contributed by atoms with Gasteiger partial charge in [0.05, 0.1) is 0 Å². The fourth-order valence-electron chi connectivity index (χ4n) is 3.41. The number of aryl methyl sites for hydroxylation is 3. The minimum absolute atomic E-state index is 1.10. The molecule has 0 atom stereocenters. The van der Waals surface area contributed by atoms with E-state index in [1.807, 2.05) is 0 Å². The highest BCUT2D eigenvalue weighted by Crippen LogP contribution is 2.04. The van der Waals surface area contributed by atoms with Crippen molar-refractivity contribution in [3.63, 3.8) is 0 Å². The molecule has 1 heteroatoms. The molecular weight excluding hydrogens is 316 g/mol. The van der Waals surface area contributed by atoms with Gasteiger partial charge >= 0.3 is 0 Å². The van der Waals surface area contributed by atoms with E-state index in [2.05, 4.69) is 93.6 Å². The summed E-state index contributed by atoms with van der Waals surface area (Å²) in [6.45, 7) is 6.66. The maximum atomic E-state index is 2.36. The summed E-state index contributed by atoms with van der Waals surface area (Å²) in [5, 5.41) is 4.52. The summed E-state index contributed by atoms with van der Waals surface area (Å²) in [6.07, 6.45) is 3.30. The standard InChI is InChI=1S/C24H28Si/c1-4-19-7-13-22(14-8-19)25(23-15-9-20(5-2)10-16-23)24-17-11-21(6-3)12-18-24/h7-18,25H,4-6H2,1-3H3. The van der Waals surface area contributed by atoms with Crippen LogP contribution in [0.3, 0.4) is 0 Å². The Labute approximate surface area is 154 Å². The topological polar surface area (TPSA) is 0 Å². The molecule has 0 saturated carbocycles. The van der Waals surface area contributed by atoms with Crippen LogP contribution in [0.25, 0.3) is 0 Å². The molecule has 0 heterocycles. The fraction of sp³-hybridized carbons (Fsp3) is 0.250. The Hall–Kier alpha value is -2.12. The Morgan fingerprint density at radius 1 is 0.440 bits per heavy atom. The first-order valence-corrected chi connectivity index (χ1v) is 11.2. The van der Waals surface area contributed by atoms with Crippen molar-refractivity contribution in [2.45, 2.75) is 40.0 Å². The molecule has 0 nitrogen and oxygen atoms in total. The monoisotopic (exact) mass is 344 g/mol. The number of benzene rings is 3. The lowest BCUT2D eigenvalue weighted by molar-refractivity contribution is 1.14. The van der Waals surface area contributed by atoms with E-state index in [9.17, 15) is 0 Å². The van der Waals surface area contributed by atoms with Crippen LogP contribution in [0.5, 0.6) is 0 Å². The van der Waals surface area contributed by atoms with E-state index in [0.717, 1.165) is 19.3 Å². The van der Waals surface area contributed by atoms with Gasteiger partial charge in [-0.05, 0) is 36.0 Å². The fourth-order valence-corrected chi connectivity index (χ4v) is 6.30. The Morgan fingerprint density at radius 2 is 0.680 bits per heavy atom. The van der Waals surface area contributed by atoms with Gasteiger partial charge in [-0.15, -0.1) is 0 Å². The third-order valence-corrected chi connectivity index (χ3v) is 8.32. The van der Waals surface area contributed by atoms with E-state index in [1.54, 1.807) is 0 Å². The highest BCUT2D eigenvalue weighted by Gasteiger charge is 2.18. The minimum atomic E-state index is -1.40. The van der Waals surface area contributed by atoms with Crippen LogP contribution in [0, 0.1) is 0 Å². The van der Waals surface area contributed by atoms with Gasteiger partial charge in [0.25, 0.3) is 0 Å². The quantitative estimate of drug-likeness (QED) is 0.473. The molecule has 0 bridgehead atoms. The predicted octanol–water partition coefficient (Wildman–Crippen LogP) is 3.62. The third-order valence-electron chi connectivity index (χ3n) is 5.16. The smallest absolute Gasteiger partial charge is 0.0622 e. The van der Waals surface area contributed by atoms with Gasteiger partial charge in [-0.2, -0.15) is 0 Å². The van der Waals surface area contributed by atoms with Crippen LogP contribution in [0.4, 0.5) is 0 Å². The van der Waals surface area contributed by atoms with Gasteiger partial charge in [-0.3, -0.25) is 0 Å². The lowest BCUT2D eigenvalue weighted by Gasteiger charge is -2.18. The molecule has 3 aromatic rings. The molecule has 0 spiro atoms. The summed E-state index contributed by atoms with van der Waals surface area (Å²) in [5.74, 6) is 0. The first kappa shape index (κ1) is 17.7. The highest BCUT2D eigenvalue weighted by molar-refractivity contribution is 6.95. The molecular formula is C24H28Si. The van der Waals surface area contributed by atoms with Crippen LogP contribution in [0.2, 0.25) is 0 Å². The lowest BCUT2D eigenvalue weighted by atomic mass is 10.2. The molecule has 3 rings (SSSR count). The Balaban J connectivity index is 2.04. The molecule has 0 amide bonds. The number of hydrogen-bond acceptors (Lipinski definition) is 0. The minimum Gasteiger partial charge on any atom is -0.0622 e. The maximum absolute atomic E-state index is 2.36. The molecule has 0 N–H and O–H groups in total. The van der Waals surface area contributed by atoms with E-state index >= 15 is 0 Å². The Bertz CT molecular complexity index is 670. The molecule has 0 radical (unpaired) electrons. The van der Waals surface area contributed by atoms with Crippen molar-refractivity contribution in [2.75, 3.05) is 0 Å². The molecule has 25 heavy (non-hydrogen) atoms. The van der Waals surface area contributed by atoms with Gasteiger partial charge in [0, 0.05) is 0 Å². The largest absolute Gasteiger partial charge is 0.132 e. The van der Waals surface area contributed by atoms with Gasteiger partial charge in [-0.25, -0.2) is 0 Å². The van der Waals surface area contributed by atoms with Crippen LogP contribution in [0.15, 0.2) is 72.8 Å². The Kier molecular flexibility index (Phi) is 5.88. The summed E-state index contributed by atoms with van der Waals surface area (Å²) in [4.78, 5) is 0. The first-order chi connectivity index (χ1) is 12.2. The second kappa shape index (κ2) is 8.31. The van der Waals surface area contributed by atoms with Crippen LogP contribution >= 0.6 is 0 Å². The molecule has 0 fully saturated rings. The second-order valence-electron chi connectivity index (χ2n) is 6.72. The van der Waals surface area contributed by atoms with Crippen molar-refractivity contribution in [3.8, 4) is 0 Å². The molecule has 3 aromatic carbocycles. The third kappa shape index (κ3) is 4.11. The first-order valence-electron chi connectivity index (χ1n) is 9.51. The van der Waals surface area contributed by atoms with E-state index in [0.29, 0.717) is 0 Å². The van der Waals surface area contributed by atoms with Gasteiger partial charge in [0.2, 0.25) is 0 Å². The molecule has 128 valence electrons.